The molecule has 2 aromatic heterocycles. The summed E-state index contributed by atoms with van der Waals surface area (Å²) in [7, 11) is 0. The number of carbonyl (C=O) groups is 1. The SMILES string of the molecule is Cc1ccc(OC(=O)/C(=C/c2cccs2)n2nnnc2-c2ccccc2)cc1. The van der Waals surface area contributed by atoms with E-state index in [0.717, 1.165) is 16.0 Å². The number of aromatic nitrogens is 4. The second kappa shape index (κ2) is 7.98. The zero-order valence-electron chi connectivity index (χ0n) is 15.0. The van der Waals surface area contributed by atoms with Crippen molar-refractivity contribution in [1.29, 1.82) is 0 Å². The minimum atomic E-state index is -0.540. The third-order valence-corrected chi connectivity index (χ3v) is 4.81. The Morgan fingerprint density at radius 1 is 1.04 bits per heavy atom. The van der Waals surface area contributed by atoms with Gasteiger partial charge in [0.05, 0.1) is 0 Å². The predicted molar refractivity (Wildman–Crippen MR) is 109 cm³/mol. The van der Waals surface area contributed by atoms with Crippen molar-refractivity contribution in [3.8, 4) is 17.1 Å². The molecule has 4 rings (SSSR count). The lowest BCUT2D eigenvalue weighted by atomic mass is 10.2. The van der Waals surface area contributed by atoms with Gasteiger partial charge in [-0.3, -0.25) is 0 Å². The first-order valence-corrected chi connectivity index (χ1v) is 9.47. The van der Waals surface area contributed by atoms with E-state index in [1.165, 1.54) is 16.0 Å². The average Bonchev–Trinajstić information content (AvgIpc) is 3.40. The number of ether oxygens (including phenoxy) is 1. The summed E-state index contributed by atoms with van der Waals surface area (Å²) in [6.07, 6.45) is 1.73. The number of aryl methyl sites for hydroxylation is 1. The second-order valence-electron chi connectivity index (χ2n) is 6.03. The molecule has 0 aliphatic rings. The number of benzene rings is 2. The van der Waals surface area contributed by atoms with Crippen molar-refractivity contribution in [2.45, 2.75) is 6.92 Å². The normalized spacial score (nSPS) is 11.4. The lowest BCUT2D eigenvalue weighted by molar-refractivity contribution is -0.128. The molecule has 0 amide bonds. The summed E-state index contributed by atoms with van der Waals surface area (Å²) in [5.74, 6) is 0.382. The van der Waals surface area contributed by atoms with Gasteiger partial charge in [0.25, 0.3) is 0 Å². The number of thiophene rings is 1. The van der Waals surface area contributed by atoms with E-state index in [-0.39, 0.29) is 5.70 Å². The Balaban J connectivity index is 1.74. The predicted octanol–water partition coefficient (Wildman–Crippen LogP) is 4.31. The maximum Gasteiger partial charge on any atom is 0.362 e. The van der Waals surface area contributed by atoms with Crippen LogP contribution in [0.2, 0.25) is 0 Å². The summed E-state index contributed by atoms with van der Waals surface area (Å²) in [4.78, 5) is 13.9. The van der Waals surface area contributed by atoms with E-state index >= 15 is 0 Å². The molecule has 4 aromatic rings. The first kappa shape index (κ1) is 17.8. The Morgan fingerprint density at radius 2 is 1.82 bits per heavy atom. The third kappa shape index (κ3) is 3.89. The highest BCUT2D eigenvalue weighted by Gasteiger charge is 2.21. The van der Waals surface area contributed by atoms with Gasteiger partial charge < -0.3 is 4.74 Å². The van der Waals surface area contributed by atoms with Crippen LogP contribution in [-0.2, 0) is 4.79 Å². The molecule has 28 heavy (non-hydrogen) atoms. The minimum Gasteiger partial charge on any atom is -0.422 e. The molecule has 0 spiro atoms. The molecule has 0 unspecified atom stereocenters. The fraction of sp³-hybridized carbons (Fsp3) is 0.0476. The standard InChI is InChI=1S/C21H16N4O2S/c1-15-9-11-17(12-10-15)27-21(26)19(14-18-8-5-13-28-18)25-20(22-23-24-25)16-6-3-2-4-7-16/h2-14H,1H3/b19-14-. The number of rotatable bonds is 5. The first-order valence-electron chi connectivity index (χ1n) is 8.59. The number of hydrogen-bond donors (Lipinski definition) is 0. The number of carbonyl (C=O) groups excluding carboxylic acids is 1. The van der Waals surface area contributed by atoms with Crippen LogP contribution in [0, 0.1) is 6.92 Å². The van der Waals surface area contributed by atoms with E-state index in [9.17, 15) is 4.79 Å². The molecule has 0 fully saturated rings. The van der Waals surface area contributed by atoms with Crippen molar-refractivity contribution in [2.75, 3.05) is 0 Å². The van der Waals surface area contributed by atoms with Crippen molar-refractivity contribution in [1.82, 2.24) is 20.2 Å². The van der Waals surface area contributed by atoms with Gasteiger partial charge in [0.1, 0.15) is 5.75 Å². The van der Waals surface area contributed by atoms with Crippen LogP contribution in [0.1, 0.15) is 10.4 Å². The average molecular weight is 388 g/mol. The van der Waals surface area contributed by atoms with Crippen LogP contribution in [-0.4, -0.2) is 26.2 Å². The van der Waals surface area contributed by atoms with E-state index in [0.29, 0.717) is 11.6 Å². The Morgan fingerprint density at radius 3 is 2.54 bits per heavy atom. The van der Waals surface area contributed by atoms with Crippen LogP contribution in [0.25, 0.3) is 23.2 Å². The monoisotopic (exact) mass is 388 g/mol. The van der Waals surface area contributed by atoms with Gasteiger partial charge >= 0.3 is 5.97 Å². The van der Waals surface area contributed by atoms with E-state index in [1.807, 2.05) is 66.9 Å². The summed E-state index contributed by atoms with van der Waals surface area (Å²) < 4.78 is 6.98. The summed E-state index contributed by atoms with van der Waals surface area (Å²) in [6.45, 7) is 1.97. The molecule has 138 valence electrons. The highest BCUT2D eigenvalue weighted by atomic mass is 32.1. The van der Waals surface area contributed by atoms with Gasteiger partial charge in [-0.05, 0) is 47.0 Å². The quantitative estimate of drug-likeness (QED) is 0.289. The van der Waals surface area contributed by atoms with Gasteiger partial charge in [0.2, 0.25) is 0 Å². The van der Waals surface area contributed by atoms with Gasteiger partial charge in [0, 0.05) is 10.4 Å². The number of esters is 1. The zero-order chi connectivity index (χ0) is 19.3. The molecule has 0 radical (unpaired) electrons. The fourth-order valence-corrected chi connectivity index (χ4v) is 3.25. The molecule has 2 aromatic carbocycles. The second-order valence-corrected chi connectivity index (χ2v) is 7.01. The highest BCUT2D eigenvalue weighted by Crippen LogP contribution is 2.23. The Kier molecular flexibility index (Phi) is 5.07. The molecular weight excluding hydrogens is 372 g/mol. The Bertz CT molecular complexity index is 1100. The Hall–Kier alpha value is -3.58. The van der Waals surface area contributed by atoms with Crippen LogP contribution in [0.3, 0.4) is 0 Å². The molecule has 2 heterocycles. The summed E-state index contributed by atoms with van der Waals surface area (Å²) in [5, 5.41) is 13.8. The topological polar surface area (TPSA) is 69.9 Å². The van der Waals surface area contributed by atoms with Crippen molar-refractivity contribution in [3.63, 3.8) is 0 Å². The third-order valence-electron chi connectivity index (χ3n) is 3.99. The number of tetrazole rings is 1. The molecule has 0 aliphatic heterocycles. The van der Waals surface area contributed by atoms with Gasteiger partial charge in [-0.25, -0.2) is 4.79 Å². The van der Waals surface area contributed by atoms with Crippen LogP contribution in [0.5, 0.6) is 5.75 Å². The molecule has 0 atom stereocenters. The summed E-state index contributed by atoms with van der Waals surface area (Å²) in [5.41, 5.74) is 2.11. The van der Waals surface area contributed by atoms with Crippen LogP contribution >= 0.6 is 11.3 Å². The zero-order valence-corrected chi connectivity index (χ0v) is 15.8. The van der Waals surface area contributed by atoms with Crippen LogP contribution < -0.4 is 4.74 Å². The van der Waals surface area contributed by atoms with Gasteiger partial charge in [0.15, 0.2) is 11.5 Å². The van der Waals surface area contributed by atoms with E-state index in [4.69, 9.17) is 4.74 Å². The summed E-state index contributed by atoms with van der Waals surface area (Å²) in [6, 6.07) is 20.6. The van der Waals surface area contributed by atoms with E-state index in [1.54, 1.807) is 18.2 Å². The highest BCUT2D eigenvalue weighted by molar-refractivity contribution is 7.10. The van der Waals surface area contributed by atoms with Crippen molar-refractivity contribution in [3.05, 3.63) is 82.6 Å². The molecule has 7 heteroatoms. The molecule has 0 saturated heterocycles. The largest absolute Gasteiger partial charge is 0.422 e. The molecule has 0 aliphatic carbocycles. The first-order chi connectivity index (χ1) is 13.7. The molecular formula is C21H16N4O2S. The smallest absolute Gasteiger partial charge is 0.362 e. The van der Waals surface area contributed by atoms with Gasteiger partial charge in [-0.1, -0.05) is 54.1 Å². The van der Waals surface area contributed by atoms with E-state index in [2.05, 4.69) is 15.5 Å². The van der Waals surface area contributed by atoms with Gasteiger partial charge in [-0.2, -0.15) is 4.68 Å². The maximum absolute atomic E-state index is 13.0. The Labute approximate surface area is 165 Å². The fourth-order valence-electron chi connectivity index (χ4n) is 2.60. The van der Waals surface area contributed by atoms with Crippen molar-refractivity contribution >= 4 is 29.1 Å². The van der Waals surface area contributed by atoms with Crippen molar-refractivity contribution in [2.24, 2.45) is 0 Å². The summed E-state index contributed by atoms with van der Waals surface area (Å²) >= 11 is 1.51. The lowest BCUT2D eigenvalue weighted by Crippen LogP contribution is -2.17. The number of hydrogen-bond acceptors (Lipinski definition) is 6. The van der Waals surface area contributed by atoms with Crippen LogP contribution in [0.15, 0.2) is 72.1 Å². The molecule has 0 bridgehead atoms. The van der Waals surface area contributed by atoms with Crippen molar-refractivity contribution < 1.29 is 9.53 Å². The lowest BCUT2D eigenvalue weighted by Gasteiger charge is -2.10. The minimum absolute atomic E-state index is 0.229. The number of nitrogens with zero attached hydrogens (tertiary/aromatic N) is 4. The van der Waals surface area contributed by atoms with Crippen LogP contribution in [0.4, 0.5) is 0 Å². The van der Waals surface area contributed by atoms with E-state index < -0.39 is 5.97 Å². The van der Waals surface area contributed by atoms with Gasteiger partial charge in [-0.15, -0.1) is 16.4 Å². The maximum atomic E-state index is 13.0. The molecule has 0 N–H and O–H groups in total. The molecule has 0 saturated carbocycles. The molecule has 6 nitrogen and oxygen atoms in total.